The van der Waals surface area contributed by atoms with Crippen LogP contribution in [0.3, 0.4) is 0 Å². The Morgan fingerprint density at radius 3 is 2.05 bits per heavy atom. The summed E-state index contributed by atoms with van der Waals surface area (Å²) in [6.07, 6.45) is 0. The van der Waals surface area contributed by atoms with Crippen molar-refractivity contribution in [2.45, 2.75) is 38.9 Å². The molecule has 182 valence electrons. The molecule has 1 aliphatic rings. The summed E-state index contributed by atoms with van der Waals surface area (Å²) >= 11 is 1.81. The van der Waals surface area contributed by atoms with Gasteiger partial charge in [0, 0.05) is 31.3 Å². The van der Waals surface area contributed by atoms with E-state index in [0.29, 0.717) is 0 Å². The first-order chi connectivity index (χ1) is 17.8. The summed E-state index contributed by atoms with van der Waals surface area (Å²) in [6.45, 7) is 8.39. The van der Waals surface area contributed by atoms with E-state index in [-0.39, 0.29) is 0 Å². The lowest BCUT2D eigenvalue weighted by molar-refractivity contribution is 0.00578. The van der Waals surface area contributed by atoms with Crippen molar-refractivity contribution in [2.75, 3.05) is 0 Å². The number of hydrogen-bond acceptors (Lipinski definition) is 4. The predicted octanol–water partition coefficient (Wildman–Crippen LogP) is 8.43. The Labute approximate surface area is 220 Å². The summed E-state index contributed by atoms with van der Waals surface area (Å²) in [6, 6.07) is 31.9. The molecule has 5 heteroatoms. The second-order valence-electron chi connectivity index (χ2n) is 10.8. The van der Waals surface area contributed by atoms with Crippen molar-refractivity contribution in [1.29, 1.82) is 0 Å². The normalized spacial score (nSPS) is 16.8. The van der Waals surface area contributed by atoms with Gasteiger partial charge in [0.2, 0.25) is 0 Å². The van der Waals surface area contributed by atoms with Gasteiger partial charge < -0.3 is 13.7 Å². The Kier molecular flexibility index (Phi) is 4.97. The van der Waals surface area contributed by atoms with Gasteiger partial charge in [0.25, 0.3) is 0 Å². The zero-order valence-corrected chi connectivity index (χ0v) is 22.2. The van der Waals surface area contributed by atoms with Crippen molar-refractivity contribution >= 4 is 55.9 Å². The minimum Gasteiger partial charge on any atom is -0.456 e. The van der Waals surface area contributed by atoms with Crippen LogP contribution in [0.15, 0.2) is 95.4 Å². The molecule has 0 atom stereocenters. The molecule has 2 aromatic heterocycles. The molecule has 1 aliphatic heterocycles. The number of thiophene rings is 1. The fourth-order valence-corrected chi connectivity index (χ4v) is 6.53. The third-order valence-electron chi connectivity index (χ3n) is 7.94. The molecule has 3 nitrogen and oxygen atoms in total. The summed E-state index contributed by atoms with van der Waals surface area (Å²) in [5, 5.41) is 3.39. The molecule has 0 radical (unpaired) electrons. The Bertz CT molecular complexity index is 1780. The molecule has 6 aromatic rings. The predicted molar refractivity (Wildman–Crippen MR) is 156 cm³/mol. The number of benzene rings is 4. The lowest BCUT2D eigenvalue weighted by Gasteiger charge is -2.32. The van der Waals surface area contributed by atoms with E-state index < -0.39 is 18.3 Å². The molecule has 0 aliphatic carbocycles. The van der Waals surface area contributed by atoms with E-state index in [9.17, 15) is 0 Å². The Hall–Kier alpha value is -3.38. The minimum atomic E-state index is -0.497. The van der Waals surface area contributed by atoms with Gasteiger partial charge in [0.1, 0.15) is 11.2 Å². The summed E-state index contributed by atoms with van der Waals surface area (Å²) in [5.74, 6) is 0. The largest absolute Gasteiger partial charge is 0.495 e. The molecule has 0 bridgehead atoms. The molecule has 0 unspecified atom stereocenters. The van der Waals surface area contributed by atoms with E-state index in [0.717, 1.165) is 33.0 Å². The zero-order chi connectivity index (χ0) is 25.4. The molecule has 0 spiro atoms. The quantitative estimate of drug-likeness (QED) is 0.228. The number of para-hydroxylation sites is 1. The van der Waals surface area contributed by atoms with Crippen LogP contribution >= 0.6 is 11.3 Å². The van der Waals surface area contributed by atoms with Gasteiger partial charge in [-0.1, -0.05) is 72.8 Å². The van der Waals surface area contributed by atoms with Crippen LogP contribution in [-0.2, 0) is 9.31 Å². The third-order valence-corrected chi connectivity index (χ3v) is 9.16. The minimum absolute atomic E-state index is 0.438. The highest BCUT2D eigenvalue weighted by Gasteiger charge is 2.52. The Morgan fingerprint density at radius 2 is 1.30 bits per heavy atom. The van der Waals surface area contributed by atoms with Crippen molar-refractivity contribution in [3.63, 3.8) is 0 Å². The maximum Gasteiger partial charge on any atom is 0.495 e. The number of rotatable bonds is 3. The smallest absolute Gasteiger partial charge is 0.456 e. The van der Waals surface area contributed by atoms with Crippen molar-refractivity contribution in [1.82, 2.24) is 0 Å². The van der Waals surface area contributed by atoms with E-state index in [1.54, 1.807) is 0 Å². The average Bonchev–Trinajstić information content (AvgIpc) is 3.52. The fourth-order valence-electron chi connectivity index (χ4n) is 5.31. The lowest BCUT2D eigenvalue weighted by atomic mass is 9.75. The molecule has 1 saturated heterocycles. The highest BCUT2D eigenvalue weighted by Crippen LogP contribution is 2.46. The van der Waals surface area contributed by atoms with Gasteiger partial charge in [-0.05, 0) is 62.5 Å². The van der Waals surface area contributed by atoms with Gasteiger partial charge >= 0.3 is 7.12 Å². The van der Waals surface area contributed by atoms with Crippen LogP contribution in [0.2, 0.25) is 0 Å². The van der Waals surface area contributed by atoms with E-state index in [4.69, 9.17) is 13.7 Å². The van der Waals surface area contributed by atoms with Crippen molar-refractivity contribution in [3.8, 4) is 21.6 Å². The molecule has 3 heterocycles. The van der Waals surface area contributed by atoms with Gasteiger partial charge in [-0.15, -0.1) is 11.3 Å². The molecule has 37 heavy (non-hydrogen) atoms. The molecule has 0 saturated carbocycles. The van der Waals surface area contributed by atoms with Crippen LogP contribution in [0, 0.1) is 0 Å². The van der Waals surface area contributed by atoms with Crippen molar-refractivity contribution in [3.05, 3.63) is 91.0 Å². The highest BCUT2D eigenvalue weighted by atomic mass is 32.1. The van der Waals surface area contributed by atoms with Crippen molar-refractivity contribution < 1.29 is 13.7 Å². The SMILES string of the molecule is CC1(C)OB(c2cc(-c3sc4ccccc4c3-c3ccccc3)cc3oc4ccccc4c23)OC1(C)C. The molecule has 1 fully saturated rings. The molecule has 7 rings (SSSR count). The molecular formula is C32H27BO3S. The monoisotopic (exact) mass is 502 g/mol. The number of hydrogen-bond donors (Lipinski definition) is 0. The van der Waals surface area contributed by atoms with Gasteiger partial charge in [0.05, 0.1) is 11.2 Å². The first-order valence-corrected chi connectivity index (χ1v) is 13.5. The van der Waals surface area contributed by atoms with Gasteiger partial charge in [-0.3, -0.25) is 0 Å². The number of furan rings is 1. The molecule has 0 amide bonds. The number of fused-ring (bicyclic) bond motifs is 4. The first kappa shape index (κ1) is 22.8. The maximum absolute atomic E-state index is 6.58. The second kappa shape index (κ2) is 8.06. The summed E-state index contributed by atoms with van der Waals surface area (Å²) in [4.78, 5) is 1.22. The van der Waals surface area contributed by atoms with E-state index in [1.807, 2.05) is 23.5 Å². The summed E-state index contributed by atoms with van der Waals surface area (Å²) in [5.41, 5.74) is 5.41. The highest BCUT2D eigenvalue weighted by molar-refractivity contribution is 7.23. The molecule has 0 N–H and O–H groups in total. The molecular weight excluding hydrogens is 475 g/mol. The van der Waals surface area contributed by atoms with Gasteiger partial charge in [0.15, 0.2) is 0 Å². The van der Waals surface area contributed by atoms with Crippen molar-refractivity contribution in [2.24, 2.45) is 0 Å². The van der Waals surface area contributed by atoms with Crippen LogP contribution < -0.4 is 5.46 Å². The van der Waals surface area contributed by atoms with Crippen LogP contribution in [0.5, 0.6) is 0 Å². The Morgan fingerprint density at radius 1 is 0.649 bits per heavy atom. The van der Waals surface area contributed by atoms with E-state index in [2.05, 4.69) is 107 Å². The second-order valence-corrected chi connectivity index (χ2v) is 11.8. The third kappa shape index (κ3) is 3.49. The van der Waals surface area contributed by atoms with Crippen LogP contribution in [0.1, 0.15) is 27.7 Å². The maximum atomic E-state index is 6.58. The van der Waals surface area contributed by atoms with Crippen LogP contribution in [0.4, 0.5) is 0 Å². The van der Waals surface area contributed by atoms with Crippen LogP contribution in [-0.4, -0.2) is 18.3 Å². The fraction of sp³-hybridized carbons (Fsp3) is 0.188. The van der Waals surface area contributed by atoms with Gasteiger partial charge in [-0.25, -0.2) is 0 Å². The zero-order valence-electron chi connectivity index (χ0n) is 21.4. The summed E-state index contributed by atoms with van der Waals surface area (Å²) in [7, 11) is -0.497. The van der Waals surface area contributed by atoms with E-state index in [1.165, 1.54) is 26.1 Å². The lowest BCUT2D eigenvalue weighted by Crippen LogP contribution is -2.41. The first-order valence-electron chi connectivity index (χ1n) is 12.7. The van der Waals surface area contributed by atoms with Crippen LogP contribution in [0.25, 0.3) is 53.6 Å². The van der Waals surface area contributed by atoms with E-state index >= 15 is 0 Å². The molecule has 4 aromatic carbocycles. The summed E-state index contributed by atoms with van der Waals surface area (Å²) < 4.78 is 20.9. The Balaban J connectivity index is 1.53. The van der Waals surface area contributed by atoms with Gasteiger partial charge in [-0.2, -0.15) is 0 Å². The topological polar surface area (TPSA) is 31.6 Å². The average molecular weight is 502 g/mol. The standard InChI is InChI=1S/C32H27BO3S/c1-31(2)32(3,4)36-33(35-31)24-18-21(19-26-29(24)22-14-8-10-16-25(22)34-26)30-28(20-12-6-5-7-13-20)23-15-9-11-17-27(23)37-30/h5-19H,1-4H3.